The number of carboxylic acid groups (broad SMARTS) is 1. The second-order valence-electron chi connectivity index (χ2n) is 4.40. The van der Waals surface area contributed by atoms with Crippen LogP contribution in [0, 0.1) is 0 Å². The zero-order valence-corrected chi connectivity index (χ0v) is 16.6. The summed E-state index contributed by atoms with van der Waals surface area (Å²) in [4.78, 5) is 23.3. The fourth-order valence-corrected chi connectivity index (χ4v) is 2.00. The van der Waals surface area contributed by atoms with Gasteiger partial charge in [0.2, 0.25) is 0 Å². The summed E-state index contributed by atoms with van der Waals surface area (Å²) in [6.45, 7) is 0. The average Bonchev–Trinajstić information content (AvgIpc) is 2.56. The number of carbonyl (C=O) groups is 2. The van der Waals surface area contributed by atoms with Crippen LogP contribution < -0.4 is 61.8 Å². The number of nitrogens with one attached hydrogen (secondary N) is 1. The molecule has 6 heteroatoms. The third-order valence-electron chi connectivity index (χ3n) is 3.04. The topological polar surface area (TPSA) is 89.5 Å². The van der Waals surface area contributed by atoms with Crippen molar-refractivity contribution in [2.45, 2.75) is 6.42 Å². The molecule has 0 saturated heterocycles. The first-order valence-electron chi connectivity index (χ1n) is 6.65. The van der Waals surface area contributed by atoms with Crippen molar-refractivity contribution in [2.75, 3.05) is 19.5 Å². The number of carboxylic acids is 1. The van der Waals surface area contributed by atoms with Crippen LogP contribution in [-0.4, -0.2) is 31.0 Å². The van der Waals surface area contributed by atoms with Crippen molar-refractivity contribution in [1.82, 2.24) is 0 Å². The van der Waals surface area contributed by atoms with Gasteiger partial charge in [0, 0.05) is 24.7 Å². The Labute approximate surface area is 178 Å². The molecule has 0 saturated carbocycles. The third kappa shape index (κ3) is 6.54. The normalized spacial score (nSPS) is 9.00. The van der Waals surface area contributed by atoms with E-state index in [0.717, 1.165) is 12.7 Å². The molecule has 0 aliphatic carbocycles. The summed E-state index contributed by atoms with van der Waals surface area (Å²) >= 11 is 0. The van der Waals surface area contributed by atoms with Gasteiger partial charge < -0.3 is 15.5 Å². The summed E-state index contributed by atoms with van der Waals surface area (Å²) < 4.78 is 0. The Bertz CT molecular complexity index is 644. The first-order chi connectivity index (χ1) is 10.6. The van der Waals surface area contributed by atoms with Crippen molar-refractivity contribution in [3.05, 3.63) is 65.2 Å². The van der Waals surface area contributed by atoms with Crippen LogP contribution >= 0.6 is 0 Å². The second-order valence-corrected chi connectivity index (χ2v) is 4.40. The molecule has 0 atom stereocenters. The predicted octanol–water partition coefficient (Wildman–Crippen LogP) is -1.17. The van der Waals surface area contributed by atoms with Gasteiger partial charge in [-0.15, -0.1) is 0 Å². The zero-order chi connectivity index (χ0) is 16.5. The largest absolute Gasteiger partial charge is 1.00 e. The summed E-state index contributed by atoms with van der Waals surface area (Å²) in [5, 5.41) is 20.2. The smallest absolute Gasteiger partial charge is 0.857 e. The van der Waals surface area contributed by atoms with Gasteiger partial charge in [0.05, 0.1) is 5.56 Å². The molecular formula is C17H18KNO4. The van der Waals surface area contributed by atoms with Gasteiger partial charge in [-0.25, -0.2) is 4.79 Å². The van der Waals surface area contributed by atoms with Gasteiger partial charge in [-0.3, -0.25) is 4.79 Å². The standard InChI is InChI=1S/C16H15NO3.CH3O.K/c1-17-14-8-7-12(16(19)20)10-13(14)15(18)9-11-5-3-2-4-6-11;1-2;/h2-8,10,17H,9H2,1H3,(H,19,20);1H3;/q;-1;+1. The third-order valence-corrected chi connectivity index (χ3v) is 3.04. The van der Waals surface area contributed by atoms with Gasteiger partial charge in [-0.1, -0.05) is 30.3 Å². The van der Waals surface area contributed by atoms with Crippen LogP contribution in [0.3, 0.4) is 0 Å². The van der Waals surface area contributed by atoms with E-state index in [2.05, 4.69) is 5.32 Å². The Kier molecular flexibility index (Phi) is 11.0. The number of Topliss-reactive ketones (excluding diaryl/α,β-unsaturated/α-hetero) is 1. The molecule has 2 N–H and O–H groups in total. The van der Waals surface area contributed by atoms with E-state index in [4.69, 9.17) is 10.2 Å². The van der Waals surface area contributed by atoms with Crippen LogP contribution in [0.4, 0.5) is 5.69 Å². The zero-order valence-electron chi connectivity index (χ0n) is 13.5. The van der Waals surface area contributed by atoms with Crippen molar-refractivity contribution in [3.63, 3.8) is 0 Å². The Morgan fingerprint density at radius 3 is 2.22 bits per heavy atom. The fourth-order valence-electron chi connectivity index (χ4n) is 2.00. The molecule has 0 heterocycles. The Morgan fingerprint density at radius 2 is 1.70 bits per heavy atom. The minimum Gasteiger partial charge on any atom is -0.857 e. The second kappa shape index (κ2) is 11.5. The van der Waals surface area contributed by atoms with Crippen LogP contribution in [0.5, 0.6) is 0 Å². The summed E-state index contributed by atoms with van der Waals surface area (Å²) in [6.07, 6.45) is 0.249. The molecule has 0 fully saturated rings. The van der Waals surface area contributed by atoms with E-state index in [-0.39, 0.29) is 69.2 Å². The van der Waals surface area contributed by atoms with Gasteiger partial charge in [-0.2, -0.15) is 7.11 Å². The molecular weight excluding hydrogens is 321 g/mol. The van der Waals surface area contributed by atoms with Gasteiger partial charge >= 0.3 is 57.4 Å². The summed E-state index contributed by atoms with van der Waals surface area (Å²) in [6, 6.07) is 13.9. The molecule has 0 bridgehead atoms. The minimum atomic E-state index is -1.04. The molecule has 0 aliphatic rings. The van der Waals surface area contributed by atoms with Gasteiger partial charge in [0.25, 0.3) is 0 Å². The van der Waals surface area contributed by atoms with Crippen LogP contribution in [0.25, 0.3) is 0 Å². The molecule has 0 aliphatic heterocycles. The minimum absolute atomic E-state index is 0. The maximum absolute atomic E-state index is 12.3. The van der Waals surface area contributed by atoms with Gasteiger partial charge in [0.1, 0.15) is 0 Å². The number of rotatable bonds is 5. The van der Waals surface area contributed by atoms with Crippen molar-refractivity contribution >= 4 is 17.4 Å². The quantitative estimate of drug-likeness (QED) is 0.529. The molecule has 2 rings (SSSR count). The average molecular weight is 339 g/mol. The van der Waals surface area contributed by atoms with Crippen molar-refractivity contribution in [3.8, 4) is 0 Å². The van der Waals surface area contributed by atoms with Gasteiger partial charge in [-0.05, 0) is 23.8 Å². The monoisotopic (exact) mass is 339 g/mol. The summed E-state index contributed by atoms with van der Waals surface area (Å²) in [5.74, 6) is -1.15. The molecule has 0 aromatic heterocycles. The summed E-state index contributed by atoms with van der Waals surface area (Å²) in [7, 11) is 2.45. The fraction of sp³-hybridized carbons (Fsp3) is 0.176. The van der Waals surface area contributed by atoms with Gasteiger partial charge in [0.15, 0.2) is 5.78 Å². The molecule has 116 valence electrons. The number of hydrogen-bond acceptors (Lipinski definition) is 4. The Hall–Kier alpha value is -1.02. The molecule has 0 amide bonds. The Morgan fingerprint density at radius 1 is 1.09 bits per heavy atom. The van der Waals surface area contributed by atoms with E-state index in [1.54, 1.807) is 13.1 Å². The van der Waals surface area contributed by atoms with Crippen molar-refractivity contribution in [1.29, 1.82) is 0 Å². The van der Waals surface area contributed by atoms with Crippen molar-refractivity contribution < 1.29 is 71.2 Å². The predicted molar refractivity (Wildman–Crippen MR) is 83.3 cm³/mol. The van der Waals surface area contributed by atoms with E-state index in [0.29, 0.717) is 11.3 Å². The Balaban J connectivity index is 0.00000155. The number of ketones is 1. The number of anilines is 1. The number of carbonyl (C=O) groups excluding carboxylic acids is 1. The van der Waals surface area contributed by atoms with E-state index in [9.17, 15) is 9.59 Å². The molecule has 23 heavy (non-hydrogen) atoms. The van der Waals surface area contributed by atoms with Crippen LogP contribution in [0.15, 0.2) is 48.5 Å². The van der Waals surface area contributed by atoms with E-state index >= 15 is 0 Å². The maximum atomic E-state index is 12.3. The van der Waals surface area contributed by atoms with E-state index < -0.39 is 5.97 Å². The number of hydrogen-bond donors (Lipinski definition) is 2. The number of aromatic carboxylic acids is 1. The van der Waals surface area contributed by atoms with Crippen LogP contribution in [0.1, 0.15) is 26.3 Å². The van der Waals surface area contributed by atoms with Crippen LogP contribution in [0.2, 0.25) is 0 Å². The van der Waals surface area contributed by atoms with Crippen LogP contribution in [-0.2, 0) is 6.42 Å². The van der Waals surface area contributed by atoms with Crippen molar-refractivity contribution in [2.24, 2.45) is 0 Å². The van der Waals surface area contributed by atoms with E-state index in [1.807, 2.05) is 30.3 Å². The molecule has 0 unspecified atom stereocenters. The molecule has 0 radical (unpaired) electrons. The molecule has 0 spiro atoms. The number of benzene rings is 2. The molecule has 2 aromatic rings. The maximum Gasteiger partial charge on any atom is 1.00 e. The molecule has 5 nitrogen and oxygen atoms in total. The first-order valence-corrected chi connectivity index (χ1v) is 6.65. The van der Waals surface area contributed by atoms with E-state index in [1.165, 1.54) is 12.1 Å². The first kappa shape index (κ1) is 22.0. The molecule has 2 aromatic carbocycles. The SMILES string of the molecule is CNc1ccc(C(=O)O)cc1C(=O)Cc1ccccc1.C[O-].[K+]. The summed E-state index contributed by atoms with van der Waals surface area (Å²) in [5.41, 5.74) is 2.05.